The fraction of sp³-hybridized carbons (Fsp3) is 0.200. The van der Waals surface area contributed by atoms with E-state index < -0.39 is 0 Å². The van der Waals surface area contributed by atoms with Crippen LogP contribution in [-0.4, -0.2) is 12.8 Å². The first-order chi connectivity index (χ1) is 9.22. The lowest BCUT2D eigenvalue weighted by Crippen LogP contribution is -2.04. The largest absolute Gasteiger partial charge is 0.457 e. The van der Waals surface area contributed by atoms with E-state index in [1.54, 1.807) is 11.8 Å². The molecule has 4 heteroatoms. The van der Waals surface area contributed by atoms with Crippen molar-refractivity contribution in [3.8, 4) is 11.5 Å². The predicted octanol–water partition coefficient (Wildman–Crippen LogP) is 4.46. The Bertz CT molecular complexity index is 542. The fourth-order valence-corrected chi connectivity index (χ4v) is 2.50. The van der Waals surface area contributed by atoms with Crippen molar-refractivity contribution in [1.29, 1.82) is 0 Å². The molecule has 0 amide bonds. The molecular weight excluding hydrogens is 322 g/mol. The molecule has 0 unspecified atom stereocenters. The Hall–Kier alpha value is -0.970. The maximum atomic E-state index is 5.95. The summed E-state index contributed by atoms with van der Waals surface area (Å²) in [5, 5.41) is 0. The van der Waals surface area contributed by atoms with Crippen molar-refractivity contribution in [2.45, 2.75) is 11.3 Å². The van der Waals surface area contributed by atoms with Gasteiger partial charge in [-0.15, -0.1) is 11.8 Å². The van der Waals surface area contributed by atoms with Crippen LogP contribution >= 0.6 is 27.7 Å². The van der Waals surface area contributed by atoms with Gasteiger partial charge >= 0.3 is 0 Å². The number of thioether (sulfide) groups is 1. The van der Waals surface area contributed by atoms with Gasteiger partial charge in [-0.3, -0.25) is 0 Å². The second-order valence-corrected chi connectivity index (χ2v) is 5.86. The van der Waals surface area contributed by atoms with Crippen molar-refractivity contribution in [3.05, 3.63) is 52.5 Å². The molecule has 0 heterocycles. The van der Waals surface area contributed by atoms with E-state index in [9.17, 15) is 0 Å². The molecule has 0 bridgehead atoms. The summed E-state index contributed by atoms with van der Waals surface area (Å²) in [6, 6.07) is 14.1. The van der Waals surface area contributed by atoms with Crippen LogP contribution in [0, 0.1) is 0 Å². The number of nitrogens with two attached hydrogens (primary N) is 1. The summed E-state index contributed by atoms with van der Waals surface area (Å²) in [5.41, 5.74) is 6.75. The maximum absolute atomic E-state index is 5.95. The molecule has 0 radical (unpaired) electrons. The first-order valence-electron chi connectivity index (χ1n) is 6.03. The molecule has 0 aliphatic carbocycles. The van der Waals surface area contributed by atoms with Gasteiger partial charge in [-0.05, 0) is 61.2 Å². The van der Waals surface area contributed by atoms with E-state index in [4.69, 9.17) is 10.5 Å². The molecule has 0 aromatic heterocycles. The monoisotopic (exact) mass is 337 g/mol. The van der Waals surface area contributed by atoms with Gasteiger partial charge < -0.3 is 10.5 Å². The molecule has 2 N–H and O–H groups in total. The molecule has 0 saturated heterocycles. The summed E-state index contributed by atoms with van der Waals surface area (Å²) >= 11 is 5.19. The number of benzene rings is 2. The van der Waals surface area contributed by atoms with Crippen LogP contribution in [0.25, 0.3) is 0 Å². The van der Waals surface area contributed by atoms with Crippen LogP contribution < -0.4 is 10.5 Å². The van der Waals surface area contributed by atoms with Gasteiger partial charge in [0.05, 0.1) is 0 Å². The van der Waals surface area contributed by atoms with Gasteiger partial charge in [-0.1, -0.05) is 22.0 Å². The summed E-state index contributed by atoms with van der Waals surface area (Å²) in [7, 11) is 0. The van der Waals surface area contributed by atoms with Gasteiger partial charge in [0.25, 0.3) is 0 Å². The highest BCUT2D eigenvalue weighted by Crippen LogP contribution is 2.29. The van der Waals surface area contributed by atoms with Gasteiger partial charge in [0.1, 0.15) is 11.5 Å². The van der Waals surface area contributed by atoms with Crippen molar-refractivity contribution in [3.63, 3.8) is 0 Å². The van der Waals surface area contributed by atoms with E-state index in [2.05, 4.69) is 34.3 Å². The van der Waals surface area contributed by atoms with E-state index in [1.165, 1.54) is 4.90 Å². The lowest BCUT2D eigenvalue weighted by molar-refractivity contribution is 0.475. The summed E-state index contributed by atoms with van der Waals surface area (Å²) in [4.78, 5) is 1.23. The van der Waals surface area contributed by atoms with Crippen molar-refractivity contribution < 1.29 is 4.74 Å². The van der Waals surface area contributed by atoms with Gasteiger partial charge in [-0.2, -0.15) is 0 Å². The Kier molecular flexibility index (Phi) is 5.31. The third-order valence-corrected chi connectivity index (χ3v) is 3.97. The van der Waals surface area contributed by atoms with Gasteiger partial charge in [-0.25, -0.2) is 0 Å². The predicted molar refractivity (Wildman–Crippen MR) is 85.2 cm³/mol. The zero-order valence-corrected chi connectivity index (χ0v) is 13.1. The van der Waals surface area contributed by atoms with Gasteiger partial charge in [0.2, 0.25) is 0 Å². The highest BCUT2D eigenvalue weighted by molar-refractivity contribution is 9.10. The Morgan fingerprint density at radius 1 is 1.16 bits per heavy atom. The third-order valence-electron chi connectivity index (χ3n) is 2.73. The minimum atomic E-state index is 0.614. The zero-order chi connectivity index (χ0) is 13.7. The van der Waals surface area contributed by atoms with Crippen molar-refractivity contribution in [2.75, 3.05) is 12.8 Å². The van der Waals surface area contributed by atoms with Crippen LogP contribution in [0.1, 0.15) is 5.56 Å². The van der Waals surface area contributed by atoms with Crippen molar-refractivity contribution in [1.82, 2.24) is 0 Å². The fourth-order valence-electron chi connectivity index (χ4n) is 1.76. The smallest absolute Gasteiger partial charge is 0.131 e. The lowest BCUT2D eigenvalue weighted by Gasteiger charge is -2.11. The van der Waals surface area contributed by atoms with Crippen LogP contribution in [0.4, 0.5) is 0 Å². The topological polar surface area (TPSA) is 35.2 Å². The quantitative estimate of drug-likeness (QED) is 0.818. The number of rotatable bonds is 5. The normalized spacial score (nSPS) is 10.5. The highest BCUT2D eigenvalue weighted by atomic mass is 79.9. The average Bonchev–Trinajstić information content (AvgIpc) is 2.43. The molecule has 0 aliphatic heterocycles. The van der Waals surface area contributed by atoms with E-state index in [0.717, 1.165) is 28.0 Å². The molecular formula is C15H16BrNOS. The Morgan fingerprint density at radius 3 is 2.53 bits per heavy atom. The van der Waals surface area contributed by atoms with Gasteiger partial charge in [0, 0.05) is 9.37 Å². The molecule has 0 spiro atoms. The Balaban J connectivity index is 2.23. The third kappa shape index (κ3) is 4.00. The molecule has 0 aliphatic rings. The molecule has 0 fully saturated rings. The SMILES string of the molecule is CSc1ccc(Oc2cc(Br)ccc2CCN)cc1. The second-order valence-electron chi connectivity index (χ2n) is 4.07. The van der Waals surface area contributed by atoms with E-state index in [-0.39, 0.29) is 0 Å². The van der Waals surface area contributed by atoms with Crippen molar-refractivity contribution in [2.24, 2.45) is 5.73 Å². The van der Waals surface area contributed by atoms with E-state index >= 15 is 0 Å². The van der Waals surface area contributed by atoms with E-state index in [1.807, 2.05) is 30.3 Å². The summed E-state index contributed by atoms with van der Waals surface area (Å²) in [5.74, 6) is 1.70. The van der Waals surface area contributed by atoms with Crippen LogP contribution in [0.2, 0.25) is 0 Å². The highest BCUT2D eigenvalue weighted by Gasteiger charge is 2.05. The maximum Gasteiger partial charge on any atom is 0.131 e. The summed E-state index contributed by atoms with van der Waals surface area (Å²) < 4.78 is 6.95. The Labute approximate surface area is 126 Å². The van der Waals surface area contributed by atoms with E-state index in [0.29, 0.717) is 6.54 Å². The summed E-state index contributed by atoms with van der Waals surface area (Å²) in [6.45, 7) is 0.614. The standard InChI is InChI=1S/C15H16BrNOS/c1-19-14-6-4-13(5-7-14)18-15-10-12(16)3-2-11(15)8-9-17/h2-7,10H,8-9,17H2,1H3. The number of halogens is 1. The summed E-state index contributed by atoms with van der Waals surface area (Å²) in [6.07, 6.45) is 2.87. The molecule has 2 aromatic rings. The molecule has 0 atom stereocenters. The van der Waals surface area contributed by atoms with Crippen LogP contribution in [0.5, 0.6) is 11.5 Å². The second kappa shape index (κ2) is 6.98. The first-order valence-corrected chi connectivity index (χ1v) is 8.05. The van der Waals surface area contributed by atoms with Crippen LogP contribution in [-0.2, 0) is 6.42 Å². The number of hydrogen-bond acceptors (Lipinski definition) is 3. The molecule has 2 aromatic carbocycles. The number of ether oxygens (including phenoxy) is 1. The van der Waals surface area contributed by atoms with Gasteiger partial charge in [0.15, 0.2) is 0 Å². The molecule has 100 valence electrons. The van der Waals surface area contributed by atoms with Crippen molar-refractivity contribution >= 4 is 27.7 Å². The number of hydrogen-bond donors (Lipinski definition) is 1. The van der Waals surface area contributed by atoms with Crippen LogP contribution in [0.15, 0.2) is 51.8 Å². The minimum absolute atomic E-state index is 0.614. The minimum Gasteiger partial charge on any atom is -0.457 e. The molecule has 2 nitrogen and oxygen atoms in total. The Morgan fingerprint density at radius 2 is 1.89 bits per heavy atom. The first kappa shape index (κ1) is 14.4. The molecule has 2 rings (SSSR count). The zero-order valence-electron chi connectivity index (χ0n) is 10.7. The molecule has 0 saturated carbocycles. The molecule has 19 heavy (non-hydrogen) atoms. The average molecular weight is 338 g/mol. The van der Waals surface area contributed by atoms with Crippen LogP contribution in [0.3, 0.4) is 0 Å². The lowest BCUT2D eigenvalue weighted by atomic mass is 10.1.